The van der Waals surface area contributed by atoms with Crippen molar-refractivity contribution in [1.82, 2.24) is 5.32 Å². The highest BCUT2D eigenvalue weighted by atomic mass is 16.6. The predicted octanol–water partition coefficient (Wildman–Crippen LogP) is 1.78. The van der Waals surface area contributed by atoms with E-state index in [2.05, 4.69) is 17.4 Å². The number of fused-ring (bicyclic) bond motifs is 4. The number of hydrogen-bond acceptors (Lipinski definition) is 2. The maximum atomic E-state index is 11.2. The Balaban J connectivity index is 2.05. The fourth-order valence-corrected chi connectivity index (χ4v) is 2.32. The van der Waals surface area contributed by atoms with E-state index >= 15 is 0 Å². The van der Waals surface area contributed by atoms with E-state index in [-0.39, 0.29) is 18.2 Å². The van der Waals surface area contributed by atoms with Gasteiger partial charge in [-0.15, -0.1) is 0 Å². The standard InChI is InChI=1S/C11H11NO2/c13-11-12-8-5-7-3-1-2-4-9(7)10(6-8)14-11/h1-4,8,10H,5-6H2,(H,12,13). The Morgan fingerprint density at radius 3 is 3.14 bits per heavy atom. The smallest absolute Gasteiger partial charge is 0.407 e. The molecule has 0 aromatic heterocycles. The molecular formula is C11H11NO2. The van der Waals surface area contributed by atoms with Crippen LogP contribution in [-0.4, -0.2) is 12.1 Å². The molecule has 1 heterocycles. The number of carbonyl (C=O) groups excluding carboxylic acids is 1. The Morgan fingerprint density at radius 1 is 1.36 bits per heavy atom. The zero-order valence-electron chi connectivity index (χ0n) is 7.69. The van der Waals surface area contributed by atoms with Crippen LogP contribution in [0.25, 0.3) is 0 Å². The summed E-state index contributed by atoms with van der Waals surface area (Å²) in [5.41, 5.74) is 2.48. The van der Waals surface area contributed by atoms with Crippen molar-refractivity contribution in [2.75, 3.05) is 0 Å². The molecule has 0 spiro atoms. The molecule has 2 aliphatic rings. The largest absolute Gasteiger partial charge is 0.441 e. The lowest BCUT2D eigenvalue weighted by Gasteiger charge is -2.36. The van der Waals surface area contributed by atoms with Crippen LogP contribution in [0.5, 0.6) is 0 Å². The van der Waals surface area contributed by atoms with E-state index in [1.54, 1.807) is 0 Å². The molecule has 3 nitrogen and oxygen atoms in total. The molecular weight excluding hydrogens is 178 g/mol. The maximum Gasteiger partial charge on any atom is 0.407 e. The van der Waals surface area contributed by atoms with Gasteiger partial charge in [0, 0.05) is 12.5 Å². The first-order valence-corrected chi connectivity index (χ1v) is 4.88. The molecule has 1 aromatic rings. The lowest BCUT2D eigenvalue weighted by atomic mass is 9.85. The van der Waals surface area contributed by atoms with Gasteiger partial charge < -0.3 is 10.1 Å². The second-order valence-electron chi connectivity index (χ2n) is 3.87. The van der Waals surface area contributed by atoms with Crippen molar-refractivity contribution in [3.8, 4) is 0 Å². The third-order valence-corrected chi connectivity index (χ3v) is 2.94. The van der Waals surface area contributed by atoms with Crippen LogP contribution in [0, 0.1) is 0 Å². The minimum Gasteiger partial charge on any atom is -0.441 e. The third-order valence-electron chi connectivity index (χ3n) is 2.94. The van der Waals surface area contributed by atoms with Crippen LogP contribution in [0.2, 0.25) is 0 Å². The summed E-state index contributed by atoms with van der Waals surface area (Å²) in [6, 6.07) is 8.44. The van der Waals surface area contributed by atoms with Gasteiger partial charge in [0.2, 0.25) is 0 Å². The van der Waals surface area contributed by atoms with Crippen LogP contribution < -0.4 is 5.32 Å². The Kier molecular flexibility index (Phi) is 1.54. The van der Waals surface area contributed by atoms with Crippen molar-refractivity contribution in [1.29, 1.82) is 0 Å². The number of amides is 1. The Hall–Kier alpha value is -1.51. The van der Waals surface area contributed by atoms with Crippen molar-refractivity contribution < 1.29 is 9.53 Å². The zero-order chi connectivity index (χ0) is 9.54. The highest BCUT2D eigenvalue weighted by Crippen LogP contribution is 2.34. The molecule has 2 atom stereocenters. The first-order valence-electron chi connectivity index (χ1n) is 4.88. The van der Waals surface area contributed by atoms with Crippen LogP contribution in [0.15, 0.2) is 24.3 Å². The predicted molar refractivity (Wildman–Crippen MR) is 50.9 cm³/mol. The van der Waals surface area contributed by atoms with E-state index in [9.17, 15) is 4.79 Å². The molecule has 1 aliphatic heterocycles. The lowest BCUT2D eigenvalue weighted by Crippen LogP contribution is -2.46. The van der Waals surface area contributed by atoms with Crippen molar-refractivity contribution in [2.45, 2.75) is 25.0 Å². The Bertz CT molecular complexity index is 389. The van der Waals surface area contributed by atoms with E-state index in [4.69, 9.17) is 4.74 Å². The van der Waals surface area contributed by atoms with Gasteiger partial charge in [-0.05, 0) is 17.5 Å². The monoisotopic (exact) mass is 189 g/mol. The number of alkyl carbamates (subject to hydrolysis) is 1. The highest BCUT2D eigenvalue weighted by Gasteiger charge is 2.34. The summed E-state index contributed by atoms with van der Waals surface area (Å²) in [6.45, 7) is 0. The molecule has 1 aliphatic carbocycles. The minimum atomic E-state index is -0.277. The summed E-state index contributed by atoms with van der Waals surface area (Å²) in [5.74, 6) is 0. The van der Waals surface area contributed by atoms with Gasteiger partial charge in [-0.25, -0.2) is 4.79 Å². The summed E-state index contributed by atoms with van der Waals surface area (Å²) >= 11 is 0. The third kappa shape index (κ3) is 1.09. The summed E-state index contributed by atoms with van der Waals surface area (Å²) in [6.07, 6.45) is 1.53. The first-order chi connectivity index (χ1) is 6.83. The van der Waals surface area contributed by atoms with Gasteiger partial charge in [0.25, 0.3) is 0 Å². The van der Waals surface area contributed by atoms with Gasteiger partial charge in [-0.2, -0.15) is 0 Å². The van der Waals surface area contributed by atoms with Crippen molar-refractivity contribution in [2.24, 2.45) is 0 Å². The molecule has 2 unspecified atom stereocenters. The zero-order valence-corrected chi connectivity index (χ0v) is 7.69. The second-order valence-corrected chi connectivity index (χ2v) is 3.87. The lowest BCUT2D eigenvalue weighted by molar-refractivity contribution is 0.0516. The topological polar surface area (TPSA) is 38.3 Å². The number of benzene rings is 1. The Morgan fingerprint density at radius 2 is 2.21 bits per heavy atom. The SMILES string of the molecule is O=C1NC2Cc3ccccc3C(C2)O1. The number of rotatable bonds is 0. The number of hydrogen-bond donors (Lipinski definition) is 1. The van der Waals surface area contributed by atoms with Crippen LogP contribution >= 0.6 is 0 Å². The van der Waals surface area contributed by atoms with Crippen LogP contribution in [0.1, 0.15) is 23.7 Å². The van der Waals surface area contributed by atoms with Gasteiger partial charge in [-0.1, -0.05) is 24.3 Å². The van der Waals surface area contributed by atoms with Crippen LogP contribution in [0.3, 0.4) is 0 Å². The average Bonchev–Trinajstić information content (AvgIpc) is 2.17. The molecule has 14 heavy (non-hydrogen) atoms. The van der Waals surface area contributed by atoms with Gasteiger partial charge in [-0.3, -0.25) is 0 Å². The molecule has 0 radical (unpaired) electrons. The average molecular weight is 189 g/mol. The molecule has 1 N–H and O–H groups in total. The van der Waals surface area contributed by atoms with Gasteiger partial charge >= 0.3 is 6.09 Å². The van der Waals surface area contributed by atoms with E-state index in [0.29, 0.717) is 0 Å². The summed E-state index contributed by atoms with van der Waals surface area (Å²) in [4.78, 5) is 11.2. The fourth-order valence-electron chi connectivity index (χ4n) is 2.32. The highest BCUT2D eigenvalue weighted by molar-refractivity contribution is 5.69. The Labute approximate surface area is 82.1 Å². The molecule has 2 bridgehead atoms. The molecule has 1 saturated heterocycles. The summed E-state index contributed by atoms with van der Waals surface area (Å²) < 4.78 is 5.23. The van der Waals surface area contributed by atoms with Crippen LogP contribution in [0.4, 0.5) is 4.79 Å². The summed E-state index contributed by atoms with van der Waals surface area (Å²) in [5, 5.41) is 2.83. The van der Waals surface area contributed by atoms with Gasteiger partial charge in [0.05, 0.1) is 0 Å². The number of ether oxygens (including phenoxy) is 1. The maximum absolute atomic E-state index is 11.2. The van der Waals surface area contributed by atoms with E-state index in [1.807, 2.05) is 12.1 Å². The molecule has 1 aromatic carbocycles. The fraction of sp³-hybridized carbons (Fsp3) is 0.364. The van der Waals surface area contributed by atoms with Gasteiger partial charge in [0.15, 0.2) is 0 Å². The summed E-state index contributed by atoms with van der Waals surface area (Å²) in [7, 11) is 0. The molecule has 0 saturated carbocycles. The van der Waals surface area contributed by atoms with Crippen LogP contribution in [-0.2, 0) is 11.2 Å². The molecule has 3 rings (SSSR count). The van der Waals surface area contributed by atoms with E-state index in [1.165, 1.54) is 11.1 Å². The van der Waals surface area contributed by atoms with Crippen molar-refractivity contribution >= 4 is 6.09 Å². The van der Waals surface area contributed by atoms with E-state index in [0.717, 1.165) is 12.8 Å². The van der Waals surface area contributed by atoms with Crippen molar-refractivity contribution in [3.63, 3.8) is 0 Å². The minimum absolute atomic E-state index is 0.0290. The second kappa shape index (κ2) is 2.74. The molecule has 1 fully saturated rings. The normalized spacial score (nSPS) is 28.7. The quantitative estimate of drug-likeness (QED) is 0.675. The number of carbonyl (C=O) groups is 1. The number of nitrogens with one attached hydrogen (secondary N) is 1. The van der Waals surface area contributed by atoms with E-state index < -0.39 is 0 Å². The molecule has 3 heteroatoms. The molecule has 72 valence electrons. The first kappa shape index (κ1) is 7.85. The molecule has 1 amide bonds. The van der Waals surface area contributed by atoms with Gasteiger partial charge in [0.1, 0.15) is 6.10 Å². The van der Waals surface area contributed by atoms with Crippen molar-refractivity contribution in [3.05, 3.63) is 35.4 Å².